The lowest BCUT2D eigenvalue weighted by atomic mass is 9.76. The summed E-state index contributed by atoms with van der Waals surface area (Å²) in [6, 6.07) is 8.38. The van der Waals surface area contributed by atoms with Gasteiger partial charge in [0.25, 0.3) is 0 Å². The van der Waals surface area contributed by atoms with Gasteiger partial charge in [0.2, 0.25) is 0 Å². The molecule has 1 aliphatic carbocycles. The summed E-state index contributed by atoms with van der Waals surface area (Å²) in [5.74, 6) is 2.04. The number of fused-ring (bicyclic) bond motifs is 1. The first kappa shape index (κ1) is 11.1. The molecule has 0 amide bonds. The van der Waals surface area contributed by atoms with Crippen LogP contribution in [-0.2, 0) is 6.42 Å². The van der Waals surface area contributed by atoms with Gasteiger partial charge in [0.15, 0.2) is 0 Å². The number of rotatable bonds is 4. The molecule has 2 N–H and O–H groups in total. The average Bonchev–Trinajstić information content (AvgIpc) is 3.20. The van der Waals surface area contributed by atoms with Crippen molar-refractivity contribution in [3.05, 3.63) is 29.8 Å². The van der Waals surface area contributed by atoms with Gasteiger partial charge in [0.05, 0.1) is 6.61 Å². The lowest BCUT2D eigenvalue weighted by molar-refractivity contribution is 0.113. The molecule has 1 heterocycles. The molecule has 1 aromatic carbocycles. The first-order valence-corrected chi connectivity index (χ1v) is 6.72. The Hall–Kier alpha value is -1.02. The molecule has 0 radical (unpaired) electrons. The fraction of sp³-hybridized carbons (Fsp3) is 0.600. The number of para-hydroxylation sites is 1. The van der Waals surface area contributed by atoms with E-state index in [4.69, 9.17) is 10.5 Å². The third-order valence-electron chi connectivity index (χ3n) is 4.28. The van der Waals surface area contributed by atoms with Crippen molar-refractivity contribution in [1.82, 2.24) is 0 Å². The van der Waals surface area contributed by atoms with Crippen LogP contribution in [0.5, 0.6) is 5.75 Å². The molecular formula is C15H21NO. The van der Waals surface area contributed by atoms with E-state index in [0.29, 0.717) is 0 Å². The SMILES string of the molecule is NCC1(CCC2CC2)COc2ccccc2C1. The maximum Gasteiger partial charge on any atom is 0.122 e. The van der Waals surface area contributed by atoms with Crippen LogP contribution in [0.25, 0.3) is 0 Å². The fourth-order valence-electron chi connectivity index (χ4n) is 2.79. The quantitative estimate of drug-likeness (QED) is 0.864. The third kappa shape index (κ3) is 2.32. The second-order valence-electron chi connectivity index (χ2n) is 5.76. The predicted molar refractivity (Wildman–Crippen MR) is 69.1 cm³/mol. The Morgan fingerprint density at radius 1 is 1.29 bits per heavy atom. The normalized spacial score (nSPS) is 27.4. The van der Waals surface area contributed by atoms with E-state index in [0.717, 1.165) is 31.2 Å². The number of hydrogen-bond acceptors (Lipinski definition) is 2. The van der Waals surface area contributed by atoms with Crippen LogP contribution in [0.3, 0.4) is 0 Å². The summed E-state index contributed by atoms with van der Waals surface area (Å²) in [7, 11) is 0. The largest absolute Gasteiger partial charge is 0.493 e. The fourth-order valence-corrected chi connectivity index (χ4v) is 2.79. The summed E-state index contributed by atoms with van der Waals surface area (Å²) < 4.78 is 5.90. The topological polar surface area (TPSA) is 35.2 Å². The maximum atomic E-state index is 6.02. The third-order valence-corrected chi connectivity index (χ3v) is 4.28. The molecule has 3 rings (SSSR count). The van der Waals surface area contributed by atoms with Crippen LogP contribution in [0.4, 0.5) is 0 Å². The Morgan fingerprint density at radius 3 is 2.88 bits per heavy atom. The van der Waals surface area contributed by atoms with Crippen LogP contribution in [0.15, 0.2) is 24.3 Å². The van der Waals surface area contributed by atoms with E-state index in [1.54, 1.807) is 0 Å². The van der Waals surface area contributed by atoms with Crippen LogP contribution >= 0.6 is 0 Å². The Kier molecular flexibility index (Phi) is 2.83. The molecule has 92 valence electrons. The zero-order chi connectivity index (χ0) is 11.7. The molecule has 1 unspecified atom stereocenters. The first-order chi connectivity index (χ1) is 8.31. The van der Waals surface area contributed by atoms with Gasteiger partial charge < -0.3 is 10.5 Å². The van der Waals surface area contributed by atoms with Gasteiger partial charge in [-0.2, -0.15) is 0 Å². The number of benzene rings is 1. The molecule has 0 saturated heterocycles. The van der Waals surface area contributed by atoms with E-state index < -0.39 is 0 Å². The van der Waals surface area contributed by atoms with Crippen molar-refractivity contribution in [3.63, 3.8) is 0 Å². The minimum atomic E-state index is 0.191. The maximum absolute atomic E-state index is 6.02. The van der Waals surface area contributed by atoms with E-state index in [9.17, 15) is 0 Å². The second-order valence-corrected chi connectivity index (χ2v) is 5.76. The molecule has 0 bridgehead atoms. The van der Waals surface area contributed by atoms with Crippen LogP contribution in [-0.4, -0.2) is 13.2 Å². The second kappa shape index (κ2) is 4.34. The highest BCUT2D eigenvalue weighted by Gasteiger charge is 2.36. The monoisotopic (exact) mass is 231 g/mol. The molecule has 0 spiro atoms. The van der Waals surface area contributed by atoms with Gasteiger partial charge in [-0.3, -0.25) is 0 Å². The highest BCUT2D eigenvalue weighted by Crippen LogP contribution is 2.41. The van der Waals surface area contributed by atoms with Gasteiger partial charge in [-0.25, -0.2) is 0 Å². The minimum Gasteiger partial charge on any atom is -0.493 e. The van der Waals surface area contributed by atoms with Gasteiger partial charge in [-0.1, -0.05) is 31.0 Å². The molecule has 0 aromatic heterocycles. The van der Waals surface area contributed by atoms with Gasteiger partial charge >= 0.3 is 0 Å². The molecule has 17 heavy (non-hydrogen) atoms. The zero-order valence-corrected chi connectivity index (χ0v) is 10.3. The minimum absolute atomic E-state index is 0.191. The van der Waals surface area contributed by atoms with Crippen LogP contribution < -0.4 is 10.5 Å². The standard InChI is InChI=1S/C15H21NO/c16-10-15(8-7-12-5-6-12)9-13-3-1-2-4-14(13)17-11-15/h1-4,12H,5-11,16H2. The Balaban J connectivity index is 1.73. The van der Waals surface area contributed by atoms with Crippen molar-refractivity contribution in [2.75, 3.05) is 13.2 Å². The van der Waals surface area contributed by atoms with Gasteiger partial charge in [0.1, 0.15) is 5.75 Å². The number of hydrogen-bond donors (Lipinski definition) is 1. The van der Waals surface area contributed by atoms with Crippen molar-refractivity contribution in [3.8, 4) is 5.75 Å². The van der Waals surface area contributed by atoms with Crippen LogP contribution in [0, 0.1) is 11.3 Å². The van der Waals surface area contributed by atoms with Crippen molar-refractivity contribution < 1.29 is 4.74 Å². The van der Waals surface area contributed by atoms with Crippen molar-refractivity contribution in [1.29, 1.82) is 0 Å². The van der Waals surface area contributed by atoms with E-state index in [1.807, 2.05) is 6.07 Å². The number of ether oxygens (including phenoxy) is 1. The van der Waals surface area contributed by atoms with Crippen molar-refractivity contribution in [2.45, 2.75) is 32.1 Å². The summed E-state index contributed by atoms with van der Waals surface area (Å²) in [6.45, 7) is 1.54. The van der Waals surface area contributed by atoms with Crippen molar-refractivity contribution in [2.24, 2.45) is 17.1 Å². The Labute approximate surface area is 103 Å². The highest BCUT2D eigenvalue weighted by molar-refractivity contribution is 5.36. The zero-order valence-electron chi connectivity index (χ0n) is 10.3. The van der Waals surface area contributed by atoms with E-state index >= 15 is 0 Å². The summed E-state index contributed by atoms with van der Waals surface area (Å²) in [6.07, 6.45) is 6.51. The smallest absolute Gasteiger partial charge is 0.122 e. The summed E-state index contributed by atoms with van der Waals surface area (Å²) in [4.78, 5) is 0. The van der Waals surface area contributed by atoms with Crippen LogP contribution in [0.1, 0.15) is 31.2 Å². The first-order valence-electron chi connectivity index (χ1n) is 6.72. The van der Waals surface area contributed by atoms with Gasteiger partial charge in [0, 0.05) is 12.0 Å². The van der Waals surface area contributed by atoms with E-state index in [1.165, 1.54) is 31.2 Å². The van der Waals surface area contributed by atoms with Gasteiger partial charge in [-0.15, -0.1) is 0 Å². The molecule has 2 aliphatic rings. The summed E-state index contributed by atoms with van der Waals surface area (Å²) >= 11 is 0. The predicted octanol–water partition coefficient (Wildman–Crippen LogP) is 2.76. The van der Waals surface area contributed by atoms with Crippen LogP contribution in [0.2, 0.25) is 0 Å². The van der Waals surface area contributed by atoms with Crippen molar-refractivity contribution >= 4 is 0 Å². The summed E-state index contributed by atoms with van der Waals surface area (Å²) in [5, 5.41) is 0. The average molecular weight is 231 g/mol. The Bertz CT molecular complexity index is 400. The lowest BCUT2D eigenvalue weighted by Gasteiger charge is -2.37. The highest BCUT2D eigenvalue weighted by atomic mass is 16.5. The molecule has 1 aromatic rings. The molecule has 1 aliphatic heterocycles. The molecular weight excluding hydrogens is 210 g/mol. The summed E-state index contributed by atoms with van der Waals surface area (Å²) in [5.41, 5.74) is 7.55. The molecule has 1 saturated carbocycles. The molecule has 2 nitrogen and oxygen atoms in total. The van der Waals surface area contributed by atoms with Gasteiger partial charge in [-0.05, 0) is 36.8 Å². The molecule has 1 atom stereocenters. The lowest BCUT2D eigenvalue weighted by Crippen LogP contribution is -2.41. The number of nitrogens with two attached hydrogens (primary N) is 1. The molecule has 2 heteroatoms. The molecule has 1 fully saturated rings. The van der Waals surface area contributed by atoms with E-state index in [-0.39, 0.29) is 5.41 Å². The Morgan fingerprint density at radius 2 is 2.12 bits per heavy atom. The van der Waals surface area contributed by atoms with E-state index in [2.05, 4.69) is 18.2 Å².